The van der Waals surface area contributed by atoms with Gasteiger partial charge in [0.2, 0.25) is 0 Å². The van der Waals surface area contributed by atoms with Gasteiger partial charge in [0.25, 0.3) is 0 Å². The first kappa shape index (κ1) is 40.7. The first-order valence-electron chi connectivity index (χ1n) is 17.3. The number of nitrogens with one attached hydrogen (secondary N) is 2. The van der Waals surface area contributed by atoms with Gasteiger partial charge in [0.05, 0.1) is 19.8 Å². The third-order valence-electron chi connectivity index (χ3n) is 8.94. The van der Waals surface area contributed by atoms with Crippen molar-refractivity contribution < 1.29 is 45.7 Å². The van der Waals surface area contributed by atoms with Crippen LogP contribution in [-0.4, -0.2) is 134 Å². The van der Waals surface area contributed by atoms with E-state index in [0.717, 1.165) is 45.7 Å². The molecule has 2 aromatic carbocycles. The zero-order valence-electron chi connectivity index (χ0n) is 30.4. The number of nitrogens with zero attached hydrogens (tertiary/aromatic N) is 4. The summed E-state index contributed by atoms with van der Waals surface area (Å²) in [6.07, 6.45) is 0.700. The van der Waals surface area contributed by atoms with Crippen molar-refractivity contribution in [2.75, 3.05) is 84.6 Å². The number of sulfonamides is 1. The Hall–Kier alpha value is -3.44. The van der Waals surface area contributed by atoms with Crippen LogP contribution < -0.4 is 15.0 Å². The van der Waals surface area contributed by atoms with Gasteiger partial charge in [-0.3, -0.25) is 0 Å². The molecule has 53 heavy (non-hydrogen) atoms. The Morgan fingerprint density at radius 1 is 1.06 bits per heavy atom. The van der Waals surface area contributed by atoms with Crippen LogP contribution in [0.5, 0.6) is 0 Å². The van der Waals surface area contributed by atoms with Gasteiger partial charge < -0.3 is 9.47 Å². The van der Waals surface area contributed by atoms with E-state index in [0.29, 0.717) is 49.4 Å². The van der Waals surface area contributed by atoms with Crippen molar-refractivity contribution in [2.45, 2.75) is 47.7 Å². The third-order valence-corrected chi connectivity index (χ3v) is 15.0. The molecule has 18 heteroatoms. The van der Waals surface area contributed by atoms with Crippen molar-refractivity contribution in [1.82, 2.24) is 19.0 Å². The summed E-state index contributed by atoms with van der Waals surface area (Å²) in [5, 5.41) is 11.9. The fourth-order valence-electron chi connectivity index (χ4n) is 5.97. The zero-order chi connectivity index (χ0) is 38.1. The quantitative estimate of drug-likeness (QED) is 0.162. The van der Waals surface area contributed by atoms with E-state index in [-0.39, 0.29) is 50.1 Å². The number of hydrogen-bond acceptors (Lipinski definition) is 11. The molecule has 1 amide bonds. The standard InChI is InChI=1S/C35H47AsF2N6O8S/c1-36(10-12-42(2)3)24-5-6-29(31(19-24)39-27-8-13-50-14-9-27)34(45)40-33-30-23-43(53(47,48)28-21-25(37)20-26(38)22-28)11-7-32(30)44(41-33)35(46)52-18-17-51-16-15-49-4/h5-6,19-22,27,39H,7-18,23H2,1-4H3,(H,40,41,45). The number of halogens is 2. The molecule has 2 aliphatic heterocycles. The van der Waals surface area contributed by atoms with Crippen molar-refractivity contribution in [3.05, 3.63) is 64.9 Å². The molecule has 0 saturated carbocycles. The summed E-state index contributed by atoms with van der Waals surface area (Å²) in [4.78, 5) is 29.0. The van der Waals surface area contributed by atoms with Gasteiger partial charge in [-0.2, -0.15) is 0 Å². The molecule has 14 nitrogen and oxygen atoms in total. The normalized spacial score (nSPS) is 16.0. The molecule has 5 rings (SSSR count). The van der Waals surface area contributed by atoms with E-state index in [9.17, 15) is 26.8 Å². The Morgan fingerprint density at radius 3 is 2.47 bits per heavy atom. The molecular formula is C35H47AsF2N6O8S. The average molecular weight is 825 g/mol. The molecule has 3 heterocycles. The van der Waals surface area contributed by atoms with Gasteiger partial charge in [0, 0.05) is 13.2 Å². The van der Waals surface area contributed by atoms with Crippen LogP contribution in [0.4, 0.5) is 25.1 Å². The Bertz CT molecular complexity index is 1840. The number of fused-ring (bicyclic) bond motifs is 1. The van der Waals surface area contributed by atoms with Crippen LogP contribution in [0, 0.1) is 11.6 Å². The van der Waals surface area contributed by atoms with Crippen LogP contribution in [0.1, 0.15) is 34.5 Å². The van der Waals surface area contributed by atoms with E-state index in [1.807, 2.05) is 26.2 Å². The summed E-state index contributed by atoms with van der Waals surface area (Å²) < 4.78 is 79.8. The molecule has 2 N–H and O–H groups in total. The molecule has 0 radical (unpaired) electrons. The van der Waals surface area contributed by atoms with Crippen LogP contribution in [-0.2, 0) is 41.9 Å². The van der Waals surface area contributed by atoms with Crippen LogP contribution in [0.15, 0.2) is 41.3 Å². The molecule has 1 unspecified atom stereocenters. The minimum absolute atomic E-state index is 0.00434. The summed E-state index contributed by atoms with van der Waals surface area (Å²) in [6.45, 7) is 2.41. The van der Waals surface area contributed by atoms with Crippen molar-refractivity contribution >= 4 is 52.5 Å². The summed E-state index contributed by atoms with van der Waals surface area (Å²) >= 11 is -1.43. The Balaban J connectivity index is 1.45. The van der Waals surface area contributed by atoms with E-state index >= 15 is 0 Å². The zero-order valence-corrected chi connectivity index (χ0v) is 33.1. The second kappa shape index (κ2) is 18.7. The molecule has 0 spiro atoms. The number of carbonyl (C=O) groups excluding carboxylic acids is 2. The number of methoxy groups -OCH3 is 1. The maximum absolute atomic E-state index is 14.1. The van der Waals surface area contributed by atoms with Gasteiger partial charge in [-0.1, -0.05) is 0 Å². The molecule has 0 bridgehead atoms. The Kier molecular flexibility index (Phi) is 14.4. The number of ether oxygens (including phenoxy) is 4. The monoisotopic (exact) mass is 824 g/mol. The Morgan fingerprint density at radius 2 is 1.77 bits per heavy atom. The van der Waals surface area contributed by atoms with Crippen molar-refractivity contribution in [1.29, 1.82) is 0 Å². The molecule has 2 aliphatic rings. The van der Waals surface area contributed by atoms with Gasteiger partial charge in [-0.25, -0.2) is 8.78 Å². The molecule has 0 aliphatic carbocycles. The summed E-state index contributed by atoms with van der Waals surface area (Å²) in [6, 6.07) is 7.98. The number of aromatic nitrogens is 2. The molecule has 1 aromatic heterocycles. The topological polar surface area (TPSA) is 154 Å². The van der Waals surface area contributed by atoms with Crippen LogP contribution in [0.2, 0.25) is 10.9 Å². The number of benzene rings is 2. The van der Waals surface area contributed by atoms with E-state index in [1.165, 1.54) is 11.5 Å². The fourth-order valence-corrected chi connectivity index (χ4v) is 10.9. The maximum atomic E-state index is 14.1. The van der Waals surface area contributed by atoms with Crippen LogP contribution >= 0.6 is 0 Å². The van der Waals surface area contributed by atoms with E-state index in [2.05, 4.69) is 26.3 Å². The van der Waals surface area contributed by atoms with E-state index < -0.39 is 53.2 Å². The van der Waals surface area contributed by atoms with E-state index in [1.54, 1.807) is 6.07 Å². The molecular weight excluding hydrogens is 777 g/mol. The summed E-state index contributed by atoms with van der Waals surface area (Å²) in [7, 11) is 1.24. The van der Waals surface area contributed by atoms with Crippen molar-refractivity contribution in [3.63, 3.8) is 0 Å². The Labute approximate surface area is 313 Å². The SMILES string of the molecule is COCCOCCOC(=O)n1nc(NC(=O)c2ccc([As](C)CCN(C)C)cc2NC2CCOCC2)c2c1CCN(S(=O)(=O)c1cc(F)cc(F)c1)C2. The van der Waals surface area contributed by atoms with Gasteiger partial charge in [0.1, 0.15) is 11.6 Å². The predicted octanol–water partition coefficient (Wildman–Crippen LogP) is 3.29. The second-order valence-electron chi connectivity index (χ2n) is 13.0. The van der Waals surface area contributed by atoms with Crippen LogP contribution in [0.3, 0.4) is 0 Å². The minimum atomic E-state index is -4.39. The number of hydrogen-bond donors (Lipinski definition) is 2. The van der Waals surface area contributed by atoms with Gasteiger partial charge >= 0.3 is 239 Å². The van der Waals surface area contributed by atoms with Crippen molar-refractivity contribution in [2.24, 2.45) is 0 Å². The number of anilines is 2. The van der Waals surface area contributed by atoms with Crippen molar-refractivity contribution in [3.8, 4) is 0 Å². The molecule has 1 atom stereocenters. The van der Waals surface area contributed by atoms with Gasteiger partial charge in [0.15, 0.2) is 0 Å². The summed E-state index contributed by atoms with van der Waals surface area (Å²) in [5.74, 6) is -2.64. The third kappa shape index (κ3) is 10.6. The fraction of sp³-hybridized carbons (Fsp3) is 0.514. The number of amides is 1. The molecule has 1 saturated heterocycles. The summed E-state index contributed by atoms with van der Waals surface area (Å²) in [5.41, 5.74) is 3.88. The predicted molar refractivity (Wildman–Crippen MR) is 196 cm³/mol. The second-order valence-corrected chi connectivity index (χ2v) is 19.9. The average Bonchev–Trinajstić information content (AvgIpc) is 3.49. The molecule has 3 aromatic rings. The van der Waals surface area contributed by atoms with Gasteiger partial charge in [-0.15, -0.1) is 0 Å². The first-order chi connectivity index (χ1) is 25.4. The van der Waals surface area contributed by atoms with Gasteiger partial charge in [-0.05, 0) is 12.1 Å². The van der Waals surface area contributed by atoms with E-state index in [4.69, 9.17) is 18.9 Å². The molecule has 1 fully saturated rings. The van der Waals surface area contributed by atoms with Crippen LogP contribution in [0.25, 0.3) is 0 Å². The first-order valence-corrected chi connectivity index (χ1v) is 22.9. The number of rotatable bonds is 16. The molecule has 290 valence electrons. The number of carbonyl (C=O) groups is 2.